The molecule has 4 aromatic rings. The van der Waals surface area contributed by atoms with E-state index in [1.54, 1.807) is 0 Å². The molecule has 0 bridgehead atoms. The molecule has 0 aliphatic rings. The number of hydrogen-bond donors (Lipinski definition) is 6. The third kappa shape index (κ3) is 105. The molecule has 39 heteroatoms. The van der Waals surface area contributed by atoms with Gasteiger partial charge in [0.1, 0.15) is 0 Å². The quantitative estimate of drug-likeness (QED) is 0.0182. The van der Waals surface area contributed by atoms with Crippen molar-refractivity contribution in [1.82, 2.24) is 0 Å². The molecule has 0 fully saturated rings. The Labute approximate surface area is 814 Å². The standard InChI is InChI=1S/6C9H22O4Si.C9H12.3C9H11.3Mo.6O/c6*1-7(2)11-14(10,12-8(3)4)13-9(5)6;4*1-7-4-8(2)6-9(3)5-7;;;;;;;;;/h6*7-10H,1-6H3;4-6H,1-3H3;3*4-5H,1-3H3;;;;;;;;;/q;;;;;;;3*-1;;;+2;;;;;;. The molecule has 0 radical (unpaired) electrons. The van der Waals surface area contributed by atoms with E-state index >= 15 is 0 Å². The number of rotatable bonds is 36. The van der Waals surface area contributed by atoms with E-state index in [-0.39, 0.29) is 110 Å². The zero-order valence-electron chi connectivity index (χ0n) is 87.8. The van der Waals surface area contributed by atoms with Crippen LogP contribution in [0.2, 0.25) is 0 Å². The van der Waals surface area contributed by atoms with Crippen molar-refractivity contribution in [1.29, 1.82) is 0 Å². The molecule has 4 aromatic carbocycles. The van der Waals surface area contributed by atoms with E-state index in [0.29, 0.717) is 0 Å². The van der Waals surface area contributed by atoms with Crippen LogP contribution in [0.5, 0.6) is 0 Å². The van der Waals surface area contributed by atoms with E-state index in [2.05, 4.69) is 156 Å². The van der Waals surface area contributed by atoms with Gasteiger partial charge in [-0.1, -0.05) is 97.2 Å². The molecule has 0 aliphatic carbocycles. The molecule has 0 unspecified atom stereocenters. The van der Waals surface area contributed by atoms with Crippen molar-refractivity contribution in [3.05, 3.63) is 140 Å². The van der Waals surface area contributed by atoms with E-state index in [9.17, 15) is 28.8 Å². The maximum absolute atomic E-state index is 9.99. The molecule has 0 spiro atoms. The second kappa shape index (κ2) is 79.9. The van der Waals surface area contributed by atoms with Crippen LogP contribution in [0.25, 0.3) is 0 Å². The van der Waals surface area contributed by atoms with E-state index in [4.69, 9.17) is 100 Å². The van der Waals surface area contributed by atoms with Gasteiger partial charge in [-0.3, -0.25) is 0 Å². The average molecular weight is 2200 g/mol. The third-order valence-corrected chi connectivity index (χ3v) is 26.0. The fourth-order valence-corrected chi connectivity index (χ4v) is 22.1. The molecule has 4 rings (SSSR count). The zero-order chi connectivity index (χ0) is 104. The molecule has 0 aliphatic heterocycles. The van der Waals surface area contributed by atoms with Gasteiger partial charge in [0.05, 0.1) is 0 Å². The molecule has 30 nitrogen and oxygen atoms in total. The van der Waals surface area contributed by atoms with Gasteiger partial charge in [-0.2, -0.15) is 105 Å². The normalized spacial score (nSPS) is 11.6. The average Bonchev–Trinajstić information content (AvgIpc) is 0.883. The van der Waals surface area contributed by atoms with Crippen LogP contribution in [-0.2, 0) is 156 Å². The molecule has 0 aromatic heterocycles. The first kappa shape index (κ1) is 145. The van der Waals surface area contributed by atoms with Gasteiger partial charge >= 0.3 is 130 Å². The fraction of sp³-hybridized carbons (Fsp3) is 0.733. The second-order valence-electron chi connectivity index (χ2n) is 34.6. The predicted octanol–water partition coefficient (Wildman–Crippen LogP) is 19.3. The summed E-state index contributed by atoms with van der Waals surface area (Å²) in [6.07, 6.45) is -1.93. The number of benzene rings is 4. The van der Waals surface area contributed by atoms with Gasteiger partial charge in [-0.15, -0.1) is 0 Å². The summed E-state index contributed by atoms with van der Waals surface area (Å²) >= 11 is -6.09. The Balaban J connectivity index is -0.000000176. The molecule has 0 saturated heterocycles. The molecular weight excluding hydrogens is 2020 g/mol. The monoisotopic (exact) mass is 2200 g/mol. The van der Waals surface area contributed by atoms with Crippen LogP contribution in [-0.4, -0.2) is 193 Å². The molecule has 0 saturated carbocycles. The predicted molar refractivity (Wildman–Crippen MR) is 503 cm³/mol. The van der Waals surface area contributed by atoms with Gasteiger partial charge in [0, 0.05) is 110 Å². The van der Waals surface area contributed by atoms with Crippen molar-refractivity contribution in [2.45, 2.75) is 442 Å². The van der Waals surface area contributed by atoms with Gasteiger partial charge in [0.2, 0.25) is 0 Å². The molecule has 0 amide bonds. The van der Waals surface area contributed by atoms with Crippen LogP contribution in [0.4, 0.5) is 0 Å². The topological polar surface area (TPSA) is 390 Å². The van der Waals surface area contributed by atoms with Crippen molar-refractivity contribution < 1.29 is 184 Å². The van der Waals surface area contributed by atoms with Gasteiger partial charge < -0.3 is 108 Å². The summed E-state index contributed by atoms with van der Waals surface area (Å²) in [6.45, 7) is 91.3. The van der Waals surface area contributed by atoms with Crippen LogP contribution in [0, 0.1) is 101 Å². The summed E-state index contributed by atoms with van der Waals surface area (Å²) in [4.78, 5) is 60.0. The van der Waals surface area contributed by atoms with Gasteiger partial charge in [0.25, 0.3) is 0 Å². The summed E-state index contributed by atoms with van der Waals surface area (Å²) in [5.41, 5.74) is 15.4. The van der Waals surface area contributed by atoms with Crippen molar-refractivity contribution in [3.8, 4) is 0 Å². The summed E-state index contributed by atoms with van der Waals surface area (Å²) in [6, 6.07) is 29.0. The van der Waals surface area contributed by atoms with Crippen LogP contribution < -0.4 is 0 Å². The Bertz CT molecular complexity index is 2650. The van der Waals surface area contributed by atoms with Crippen LogP contribution >= 0.6 is 0 Å². The summed E-state index contributed by atoms with van der Waals surface area (Å²) < 4.78 is 147. The molecule has 760 valence electrons. The van der Waals surface area contributed by atoms with Crippen LogP contribution in [0.3, 0.4) is 0 Å². The molecule has 0 heterocycles. The first-order valence-corrected chi connectivity index (χ1v) is 58.7. The fourth-order valence-electron chi connectivity index (χ4n) is 10.4. The van der Waals surface area contributed by atoms with Crippen molar-refractivity contribution in [3.63, 3.8) is 0 Å². The third-order valence-electron chi connectivity index (χ3n) is 12.1. The Hall–Kier alpha value is -1.91. The Morgan fingerprint density at radius 1 is 0.194 bits per heavy atom. The van der Waals surface area contributed by atoms with E-state index in [1.165, 1.54) is 66.8 Å². The summed E-state index contributed by atoms with van der Waals surface area (Å²) in [5.74, 6) is 0. The molecule has 6 N–H and O–H groups in total. The van der Waals surface area contributed by atoms with Gasteiger partial charge in [-0.25, -0.2) is 0 Å². The number of hydrogen-bond acceptors (Lipinski definition) is 30. The van der Waals surface area contributed by atoms with Gasteiger partial charge in [-0.05, 0) is 270 Å². The summed E-state index contributed by atoms with van der Waals surface area (Å²) in [5, 5.41) is 0. The Kier molecular flexibility index (Phi) is 89.8. The Morgan fingerprint density at radius 2 is 0.256 bits per heavy atom. The molecule has 0 atom stereocenters. The zero-order valence-corrected chi connectivity index (χ0v) is 99.8. The van der Waals surface area contributed by atoms with Crippen molar-refractivity contribution in [2.75, 3.05) is 0 Å². The van der Waals surface area contributed by atoms with E-state index < -0.39 is 110 Å². The first-order chi connectivity index (χ1) is 58.5. The SMILES string of the molecule is CC(C)O[Si](O)(OC(C)C)OC(C)C.CC(C)O[Si](O)(OC(C)C)OC(C)C.CC(C)O[Si](O)(OC(C)C)OC(C)C.CC(C)O[Si](O)(OC(C)C)OC(C)C.CC(C)O[Si](O)(OC(C)C)OC(C)C.CC(C)O[Si](O)(OC(C)C)OC(C)C.Cc1[c-]c(C)cc(C)c1.Cc1[c-]c(C)cc(C)c1.Cc1[c-]c(C)cc(C)c1.Cc1cc(C)cc(C)c1.[O]=[Mo+2]=[O].[O]=[Mo]=[O].[O]=[Mo]=[O]. The van der Waals surface area contributed by atoms with Crippen molar-refractivity contribution in [2.24, 2.45) is 0 Å². The van der Waals surface area contributed by atoms with Crippen LogP contribution in [0.15, 0.2) is 54.6 Å². The van der Waals surface area contributed by atoms with Crippen LogP contribution in [0.1, 0.15) is 316 Å². The first-order valence-electron chi connectivity index (χ1n) is 43.7. The van der Waals surface area contributed by atoms with Gasteiger partial charge in [0.15, 0.2) is 0 Å². The number of aryl methyl sites for hydroxylation is 12. The van der Waals surface area contributed by atoms with Crippen molar-refractivity contribution >= 4 is 54.3 Å². The van der Waals surface area contributed by atoms with E-state index in [1.807, 2.05) is 249 Å². The molecular formula is C90H177Mo3O30Si6-. The molecule has 129 heavy (non-hydrogen) atoms. The Morgan fingerprint density at radius 3 is 0.310 bits per heavy atom. The van der Waals surface area contributed by atoms with E-state index in [0.717, 1.165) is 0 Å². The second-order valence-corrected chi connectivity index (χ2v) is 46.1. The minimum atomic E-state index is -3.44. The minimum absolute atomic E-state index is 0.107. The summed E-state index contributed by atoms with van der Waals surface area (Å²) in [7, 11) is -20.6. The maximum atomic E-state index is 9.99.